The van der Waals surface area contributed by atoms with E-state index >= 15 is 0 Å². The maximum Gasteiger partial charge on any atom is 0.154 e. The molecule has 0 saturated carbocycles. The second kappa shape index (κ2) is 4.86. The highest BCUT2D eigenvalue weighted by molar-refractivity contribution is 5.98. The molecule has 0 atom stereocenters. The molecule has 0 aliphatic carbocycles. The Kier molecular flexibility index (Phi) is 2.74. The summed E-state index contributed by atoms with van der Waals surface area (Å²) in [6, 6.07) is 8.27. The summed E-state index contributed by atoms with van der Waals surface area (Å²) in [6.45, 7) is 2.00. The van der Waals surface area contributed by atoms with Crippen molar-refractivity contribution < 1.29 is 4.74 Å². The zero-order valence-corrected chi connectivity index (χ0v) is 14.2. The summed E-state index contributed by atoms with van der Waals surface area (Å²) in [4.78, 5) is 12.4. The molecule has 1 N–H and O–H groups in total. The molecule has 6 heteroatoms. The van der Waals surface area contributed by atoms with E-state index in [2.05, 4.69) is 55.4 Å². The number of hydrogen-bond donors (Lipinski definition) is 1. The second-order valence-corrected chi connectivity index (χ2v) is 6.28. The minimum Gasteiger partial charge on any atom is -0.497 e. The van der Waals surface area contributed by atoms with Crippen molar-refractivity contribution >= 4 is 27.6 Å². The van der Waals surface area contributed by atoms with Crippen LogP contribution in [0.15, 0.2) is 42.9 Å². The lowest BCUT2D eigenvalue weighted by atomic mass is 10.1. The van der Waals surface area contributed by atoms with E-state index in [1.807, 2.05) is 25.4 Å². The molecule has 0 amide bonds. The van der Waals surface area contributed by atoms with E-state index in [0.29, 0.717) is 0 Å². The second-order valence-electron chi connectivity index (χ2n) is 6.28. The van der Waals surface area contributed by atoms with Gasteiger partial charge in [0.2, 0.25) is 0 Å². The minimum absolute atomic E-state index is 0.849. The summed E-state index contributed by atoms with van der Waals surface area (Å²) < 4.78 is 9.65. The lowest BCUT2D eigenvalue weighted by molar-refractivity contribution is 0.415. The molecule has 0 fully saturated rings. The van der Waals surface area contributed by atoms with E-state index in [1.165, 1.54) is 0 Å². The Balaban J connectivity index is 1.82. The van der Waals surface area contributed by atoms with Gasteiger partial charge in [-0.05, 0) is 31.2 Å². The van der Waals surface area contributed by atoms with Gasteiger partial charge >= 0.3 is 0 Å². The first-order valence-corrected chi connectivity index (χ1v) is 8.11. The minimum atomic E-state index is 0.849. The zero-order chi connectivity index (χ0) is 17.1. The molecule has 0 saturated heterocycles. The fourth-order valence-electron chi connectivity index (χ4n) is 3.56. The summed E-state index contributed by atoms with van der Waals surface area (Å²) in [5, 5.41) is 1.15. The Morgan fingerprint density at radius 1 is 1.08 bits per heavy atom. The van der Waals surface area contributed by atoms with Crippen LogP contribution in [0.1, 0.15) is 5.82 Å². The van der Waals surface area contributed by atoms with Crippen molar-refractivity contribution in [1.29, 1.82) is 0 Å². The number of nitrogens with zero attached hydrogens (tertiary/aromatic N) is 4. The number of ether oxygens (including phenoxy) is 1. The van der Waals surface area contributed by atoms with Crippen LogP contribution < -0.4 is 4.74 Å². The molecule has 6 nitrogen and oxygen atoms in total. The number of methoxy groups -OCH3 is 1. The van der Waals surface area contributed by atoms with Gasteiger partial charge in [0.15, 0.2) is 5.65 Å². The first kappa shape index (κ1) is 14.1. The fraction of sp³-hybridized carbons (Fsp3) is 0.158. The van der Waals surface area contributed by atoms with Crippen molar-refractivity contribution in [3.8, 4) is 17.0 Å². The molecule has 0 unspecified atom stereocenters. The number of hydrogen-bond acceptors (Lipinski definition) is 3. The van der Waals surface area contributed by atoms with E-state index < -0.39 is 0 Å². The number of nitrogens with one attached hydrogen (secondary N) is 1. The third-order valence-corrected chi connectivity index (χ3v) is 4.80. The van der Waals surface area contributed by atoms with Gasteiger partial charge in [-0.25, -0.2) is 9.97 Å². The molecular formula is C19H17N5O. The quantitative estimate of drug-likeness (QED) is 0.537. The van der Waals surface area contributed by atoms with Crippen LogP contribution in [-0.4, -0.2) is 31.0 Å². The van der Waals surface area contributed by atoms with Gasteiger partial charge in [-0.15, -0.1) is 0 Å². The Morgan fingerprint density at radius 3 is 2.76 bits per heavy atom. The third-order valence-electron chi connectivity index (χ3n) is 4.80. The zero-order valence-electron chi connectivity index (χ0n) is 14.2. The monoisotopic (exact) mass is 331 g/mol. The third kappa shape index (κ3) is 1.91. The predicted octanol–water partition coefficient (Wildman–Crippen LogP) is 3.69. The normalized spacial score (nSPS) is 11.8. The van der Waals surface area contributed by atoms with Gasteiger partial charge in [0.25, 0.3) is 0 Å². The molecule has 1 aromatic carbocycles. The van der Waals surface area contributed by atoms with Gasteiger partial charge in [-0.3, -0.25) is 4.40 Å². The molecule has 5 rings (SSSR count). The fourth-order valence-corrected chi connectivity index (χ4v) is 3.56. The van der Waals surface area contributed by atoms with Crippen molar-refractivity contribution in [3.05, 3.63) is 48.7 Å². The standard InChI is InChI=1S/C19H17N5O/c1-11-20-8-12-9-21-19-18(24(11)12)7-16(22-19)15-10-23(2)17-5-4-13(25-3)6-14(15)17/h4-10,22H,1-3H3. The molecule has 5 aromatic rings. The molecule has 4 aromatic heterocycles. The van der Waals surface area contributed by atoms with Crippen LogP contribution >= 0.6 is 0 Å². The molecule has 25 heavy (non-hydrogen) atoms. The van der Waals surface area contributed by atoms with Crippen molar-refractivity contribution in [2.24, 2.45) is 7.05 Å². The first-order valence-electron chi connectivity index (χ1n) is 8.11. The number of aromatic amines is 1. The molecule has 4 heterocycles. The molecule has 124 valence electrons. The lowest BCUT2D eigenvalue weighted by Gasteiger charge is -2.01. The van der Waals surface area contributed by atoms with Gasteiger partial charge in [0, 0.05) is 29.7 Å². The molecule has 0 aliphatic rings. The number of rotatable bonds is 2. The molecule has 0 aliphatic heterocycles. The van der Waals surface area contributed by atoms with Crippen molar-refractivity contribution in [2.45, 2.75) is 6.92 Å². The highest BCUT2D eigenvalue weighted by atomic mass is 16.5. The van der Waals surface area contributed by atoms with Crippen molar-refractivity contribution in [2.75, 3.05) is 7.11 Å². The van der Waals surface area contributed by atoms with E-state index in [-0.39, 0.29) is 0 Å². The summed E-state index contributed by atoms with van der Waals surface area (Å²) >= 11 is 0. The smallest absolute Gasteiger partial charge is 0.154 e. The Hall–Kier alpha value is -3.28. The number of imidazole rings is 1. The van der Waals surface area contributed by atoms with Crippen LogP contribution in [0.25, 0.3) is 38.8 Å². The maximum atomic E-state index is 5.40. The summed E-state index contributed by atoms with van der Waals surface area (Å²) in [5.41, 5.74) is 6.19. The van der Waals surface area contributed by atoms with Crippen LogP contribution in [0.2, 0.25) is 0 Å². The summed E-state index contributed by atoms with van der Waals surface area (Å²) in [7, 11) is 3.74. The summed E-state index contributed by atoms with van der Waals surface area (Å²) in [5.74, 6) is 1.80. The molecule has 0 bridgehead atoms. The van der Waals surface area contributed by atoms with E-state index in [0.717, 1.165) is 50.4 Å². The average molecular weight is 331 g/mol. The van der Waals surface area contributed by atoms with Gasteiger partial charge in [0.1, 0.15) is 11.6 Å². The Labute approximate surface area is 143 Å². The van der Waals surface area contributed by atoms with Crippen molar-refractivity contribution in [1.82, 2.24) is 23.9 Å². The van der Waals surface area contributed by atoms with Crippen LogP contribution in [0.4, 0.5) is 0 Å². The van der Waals surface area contributed by atoms with Crippen LogP contribution in [0.3, 0.4) is 0 Å². The molecular weight excluding hydrogens is 314 g/mol. The lowest BCUT2D eigenvalue weighted by Crippen LogP contribution is -1.90. The Bertz CT molecular complexity index is 1260. The van der Waals surface area contributed by atoms with Gasteiger partial charge in [0.05, 0.1) is 36.2 Å². The van der Waals surface area contributed by atoms with E-state index in [4.69, 9.17) is 4.74 Å². The predicted molar refractivity (Wildman–Crippen MR) is 98.0 cm³/mol. The topological polar surface area (TPSA) is 60.1 Å². The van der Waals surface area contributed by atoms with Crippen molar-refractivity contribution in [3.63, 3.8) is 0 Å². The maximum absolute atomic E-state index is 5.40. The van der Waals surface area contributed by atoms with Crippen LogP contribution in [0, 0.1) is 6.92 Å². The first-order chi connectivity index (χ1) is 12.2. The average Bonchev–Trinajstić information content (AvgIpc) is 3.30. The number of benzene rings is 1. The number of aromatic nitrogens is 5. The van der Waals surface area contributed by atoms with Gasteiger partial charge in [-0.2, -0.15) is 0 Å². The van der Waals surface area contributed by atoms with E-state index in [9.17, 15) is 0 Å². The molecule has 0 radical (unpaired) electrons. The largest absolute Gasteiger partial charge is 0.497 e. The number of fused-ring (bicyclic) bond motifs is 4. The number of aryl methyl sites for hydroxylation is 2. The SMILES string of the molecule is COc1ccc2c(c1)c(-c1cc3c(ncc4cnc(C)n43)[nH]1)cn2C. The van der Waals surface area contributed by atoms with Gasteiger partial charge < -0.3 is 14.3 Å². The Morgan fingerprint density at radius 2 is 1.92 bits per heavy atom. The summed E-state index contributed by atoms with van der Waals surface area (Å²) in [6.07, 6.45) is 5.82. The van der Waals surface area contributed by atoms with Crippen LogP contribution in [-0.2, 0) is 7.05 Å². The molecule has 0 spiro atoms. The highest BCUT2D eigenvalue weighted by Gasteiger charge is 2.14. The van der Waals surface area contributed by atoms with Crippen LogP contribution in [0.5, 0.6) is 5.75 Å². The van der Waals surface area contributed by atoms with E-state index in [1.54, 1.807) is 7.11 Å². The number of H-pyrrole nitrogens is 1. The van der Waals surface area contributed by atoms with Gasteiger partial charge in [-0.1, -0.05) is 0 Å². The highest BCUT2D eigenvalue weighted by Crippen LogP contribution is 2.33.